The zero-order valence-corrected chi connectivity index (χ0v) is 12.3. The Labute approximate surface area is 129 Å². The molecular weight excluding hydrogens is 280 g/mol. The Morgan fingerprint density at radius 3 is 2.33 bits per heavy atom. The molecule has 0 bridgehead atoms. The summed E-state index contributed by atoms with van der Waals surface area (Å²) in [5.74, 6) is 0.443. The number of fused-ring (bicyclic) bond motifs is 2. The van der Waals surface area contributed by atoms with Gasteiger partial charge in [0.25, 0.3) is 0 Å². The van der Waals surface area contributed by atoms with Crippen LogP contribution in [0.4, 0.5) is 5.69 Å². The van der Waals surface area contributed by atoms with Gasteiger partial charge in [0.15, 0.2) is 0 Å². The lowest BCUT2D eigenvalue weighted by Gasteiger charge is -2.20. The lowest BCUT2D eigenvalue weighted by Crippen LogP contribution is -2.15. The van der Waals surface area contributed by atoms with Crippen LogP contribution in [0.15, 0.2) is 54.6 Å². The van der Waals surface area contributed by atoms with E-state index in [2.05, 4.69) is 58.4 Å². The number of nitrogens with zero attached hydrogens (tertiary/aromatic N) is 2. The van der Waals surface area contributed by atoms with E-state index in [-0.39, 0.29) is 0 Å². The molecule has 0 fully saturated rings. The van der Waals surface area contributed by atoms with E-state index in [0.29, 0.717) is 5.88 Å². The van der Waals surface area contributed by atoms with Gasteiger partial charge in [0.05, 0.1) is 17.1 Å². The summed E-state index contributed by atoms with van der Waals surface area (Å²) in [5.41, 5.74) is 5.99. The normalized spacial score (nSPS) is 13.7. The first-order chi connectivity index (χ1) is 10.3. The third-order valence-electron chi connectivity index (χ3n) is 4.07. The summed E-state index contributed by atoms with van der Waals surface area (Å²) in [5, 5.41) is 1.19. The minimum absolute atomic E-state index is 0.443. The molecule has 0 saturated carbocycles. The molecule has 0 radical (unpaired) electrons. The molecule has 2 aromatic carbocycles. The predicted octanol–water partition coefficient (Wildman–Crippen LogP) is 4.49. The van der Waals surface area contributed by atoms with Crippen molar-refractivity contribution in [2.24, 2.45) is 0 Å². The van der Waals surface area contributed by atoms with Crippen molar-refractivity contribution in [3.05, 3.63) is 71.4 Å². The molecule has 0 spiro atoms. The zero-order chi connectivity index (χ0) is 14.2. The van der Waals surface area contributed by atoms with Gasteiger partial charge in [-0.3, -0.25) is 4.98 Å². The predicted molar refractivity (Wildman–Crippen MR) is 87.6 cm³/mol. The molecule has 0 aliphatic carbocycles. The Balaban J connectivity index is 1.84. The van der Waals surface area contributed by atoms with Gasteiger partial charge in [0.2, 0.25) is 0 Å². The van der Waals surface area contributed by atoms with E-state index in [1.165, 1.54) is 22.2 Å². The second-order valence-corrected chi connectivity index (χ2v) is 5.68. The number of hydrogen-bond donors (Lipinski definition) is 0. The van der Waals surface area contributed by atoms with Gasteiger partial charge in [-0.2, -0.15) is 0 Å². The van der Waals surface area contributed by atoms with E-state index in [4.69, 9.17) is 11.6 Å². The average Bonchev–Trinajstić information content (AvgIpc) is 2.97. The van der Waals surface area contributed by atoms with Crippen molar-refractivity contribution >= 4 is 28.2 Å². The molecular formula is C18H15ClN2. The highest BCUT2D eigenvalue weighted by molar-refractivity contribution is 6.17. The molecule has 2 heterocycles. The molecule has 1 aromatic heterocycles. The van der Waals surface area contributed by atoms with Gasteiger partial charge in [-0.25, -0.2) is 0 Å². The van der Waals surface area contributed by atoms with Gasteiger partial charge in [-0.15, -0.1) is 11.6 Å². The highest BCUT2D eigenvalue weighted by Gasteiger charge is 2.20. The number of anilines is 1. The molecule has 2 nitrogen and oxygen atoms in total. The summed E-state index contributed by atoms with van der Waals surface area (Å²) in [7, 11) is 0. The van der Waals surface area contributed by atoms with Crippen LogP contribution >= 0.6 is 11.6 Å². The average molecular weight is 295 g/mol. The van der Waals surface area contributed by atoms with Crippen molar-refractivity contribution in [3.63, 3.8) is 0 Å². The number of alkyl halides is 1. The molecule has 0 atom stereocenters. The largest absolute Gasteiger partial charge is 0.362 e. The van der Waals surface area contributed by atoms with Crippen LogP contribution in [-0.4, -0.2) is 4.98 Å². The zero-order valence-electron chi connectivity index (χ0n) is 11.6. The van der Waals surface area contributed by atoms with Gasteiger partial charge in [0, 0.05) is 24.2 Å². The van der Waals surface area contributed by atoms with Crippen molar-refractivity contribution in [2.45, 2.75) is 19.0 Å². The summed E-state index contributed by atoms with van der Waals surface area (Å²) in [4.78, 5) is 7.02. The van der Waals surface area contributed by atoms with Crippen molar-refractivity contribution in [1.82, 2.24) is 4.98 Å². The Kier molecular flexibility index (Phi) is 3.04. The summed E-state index contributed by atoms with van der Waals surface area (Å²) >= 11 is 6.01. The molecule has 3 aromatic rings. The van der Waals surface area contributed by atoms with Gasteiger partial charge >= 0.3 is 0 Å². The molecule has 3 heteroatoms. The number of aromatic nitrogens is 1. The molecule has 1 aliphatic rings. The van der Waals surface area contributed by atoms with Crippen molar-refractivity contribution < 1.29 is 0 Å². The first-order valence-corrected chi connectivity index (χ1v) is 7.65. The van der Waals surface area contributed by atoms with Crippen LogP contribution < -0.4 is 4.90 Å². The molecule has 0 unspecified atom stereocenters. The first kappa shape index (κ1) is 12.7. The van der Waals surface area contributed by atoms with Crippen molar-refractivity contribution in [3.8, 4) is 0 Å². The van der Waals surface area contributed by atoms with E-state index >= 15 is 0 Å². The van der Waals surface area contributed by atoms with Crippen LogP contribution in [0, 0.1) is 0 Å². The molecule has 21 heavy (non-hydrogen) atoms. The van der Waals surface area contributed by atoms with E-state index in [1.54, 1.807) is 0 Å². The number of benzene rings is 2. The number of halogens is 1. The highest BCUT2D eigenvalue weighted by atomic mass is 35.5. The Hall–Kier alpha value is -2.06. The Morgan fingerprint density at radius 1 is 0.952 bits per heavy atom. The molecule has 0 N–H and O–H groups in total. The minimum Gasteiger partial charge on any atom is -0.362 e. The van der Waals surface area contributed by atoms with Gasteiger partial charge in [0.1, 0.15) is 0 Å². The summed E-state index contributed by atoms with van der Waals surface area (Å²) in [6.45, 7) is 1.90. The topological polar surface area (TPSA) is 16.1 Å². The van der Waals surface area contributed by atoms with Crippen LogP contribution in [0.2, 0.25) is 0 Å². The Morgan fingerprint density at radius 2 is 1.62 bits per heavy atom. The second kappa shape index (κ2) is 5.05. The number of hydrogen-bond acceptors (Lipinski definition) is 2. The fourth-order valence-corrected chi connectivity index (χ4v) is 3.18. The monoisotopic (exact) mass is 294 g/mol. The minimum atomic E-state index is 0.443. The third-order valence-corrected chi connectivity index (χ3v) is 4.34. The van der Waals surface area contributed by atoms with Crippen LogP contribution in [0.5, 0.6) is 0 Å². The second-order valence-electron chi connectivity index (χ2n) is 5.41. The fraction of sp³-hybridized carbons (Fsp3) is 0.167. The molecule has 104 valence electrons. The highest BCUT2D eigenvalue weighted by Crippen LogP contribution is 2.33. The maximum absolute atomic E-state index is 6.01. The van der Waals surface area contributed by atoms with Gasteiger partial charge in [-0.05, 0) is 23.3 Å². The molecule has 0 amide bonds. The lowest BCUT2D eigenvalue weighted by atomic mass is 10.1. The number of para-hydroxylation sites is 1. The smallest absolute Gasteiger partial charge is 0.0726 e. The van der Waals surface area contributed by atoms with E-state index in [9.17, 15) is 0 Å². The molecule has 1 aliphatic heterocycles. The molecule has 0 saturated heterocycles. The van der Waals surface area contributed by atoms with Crippen molar-refractivity contribution in [1.29, 1.82) is 0 Å². The lowest BCUT2D eigenvalue weighted by molar-refractivity contribution is 0.882. The van der Waals surface area contributed by atoms with Crippen LogP contribution in [0.25, 0.3) is 10.9 Å². The maximum atomic E-state index is 6.01. The van der Waals surface area contributed by atoms with Crippen LogP contribution in [-0.2, 0) is 19.0 Å². The summed E-state index contributed by atoms with van der Waals surface area (Å²) in [6.07, 6.45) is 0. The fourth-order valence-electron chi connectivity index (χ4n) is 3.04. The molecule has 4 rings (SSSR count). The number of pyridine rings is 1. The van der Waals surface area contributed by atoms with Crippen LogP contribution in [0.1, 0.15) is 16.8 Å². The quantitative estimate of drug-likeness (QED) is 0.647. The Bertz CT molecular complexity index is 788. The van der Waals surface area contributed by atoms with Gasteiger partial charge < -0.3 is 4.90 Å². The van der Waals surface area contributed by atoms with Crippen LogP contribution in [0.3, 0.4) is 0 Å². The standard InChI is InChI=1S/C18H15ClN2/c19-10-15-9-18(16-7-3-4-8-17(16)20-15)21-11-13-5-1-2-6-14(13)12-21/h1-9H,10-12H2. The van der Waals surface area contributed by atoms with Gasteiger partial charge in [-0.1, -0.05) is 42.5 Å². The van der Waals surface area contributed by atoms with Crippen molar-refractivity contribution in [2.75, 3.05) is 4.90 Å². The third kappa shape index (κ3) is 2.16. The maximum Gasteiger partial charge on any atom is 0.0726 e. The SMILES string of the molecule is ClCc1cc(N2Cc3ccccc3C2)c2ccccc2n1. The number of rotatable bonds is 2. The summed E-state index contributed by atoms with van der Waals surface area (Å²) < 4.78 is 0. The summed E-state index contributed by atoms with van der Waals surface area (Å²) in [6, 6.07) is 19.0. The van der Waals surface area contributed by atoms with E-state index in [1.807, 2.05) is 6.07 Å². The van der Waals surface area contributed by atoms with E-state index in [0.717, 1.165) is 24.3 Å². The van der Waals surface area contributed by atoms with E-state index < -0.39 is 0 Å². The first-order valence-electron chi connectivity index (χ1n) is 7.11.